The summed E-state index contributed by atoms with van der Waals surface area (Å²) in [4.78, 5) is 10.5. The van der Waals surface area contributed by atoms with Gasteiger partial charge in [0.2, 0.25) is 5.24 Å². The molecule has 2 heteroatoms. The Morgan fingerprint density at radius 3 is 2.46 bits per heavy atom. The van der Waals surface area contributed by atoms with E-state index in [0.717, 1.165) is 12.3 Å². The van der Waals surface area contributed by atoms with Crippen molar-refractivity contribution in [2.75, 3.05) is 0 Å². The number of carbonyl (C=O) groups is 1. The Balaban J connectivity index is 1.95. The van der Waals surface area contributed by atoms with Crippen LogP contribution in [0, 0.1) is 5.92 Å². The fourth-order valence-corrected chi connectivity index (χ4v) is 2.31. The molecule has 0 N–H and O–H groups in total. The summed E-state index contributed by atoms with van der Waals surface area (Å²) in [6, 6.07) is 0. The van der Waals surface area contributed by atoms with Crippen LogP contribution in [0.5, 0.6) is 0 Å². The molecule has 0 aromatic heterocycles. The summed E-state index contributed by atoms with van der Waals surface area (Å²) >= 11 is 5.26. The first kappa shape index (κ1) is 11.0. The Morgan fingerprint density at radius 2 is 1.85 bits per heavy atom. The monoisotopic (exact) mass is 202 g/mol. The molecule has 1 aliphatic carbocycles. The van der Waals surface area contributed by atoms with Crippen molar-refractivity contribution in [3.63, 3.8) is 0 Å². The summed E-state index contributed by atoms with van der Waals surface area (Å²) in [6.07, 6.45) is 11.1. The SMILES string of the molecule is O=C(Cl)CCCCC1CCCCC1. The quantitative estimate of drug-likeness (QED) is 0.488. The third-order valence-corrected chi connectivity index (χ3v) is 3.15. The molecule has 0 aromatic carbocycles. The minimum absolute atomic E-state index is 0.177. The van der Waals surface area contributed by atoms with E-state index in [-0.39, 0.29) is 5.24 Å². The average molecular weight is 203 g/mol. The second-order valence-corrected chi connectivity index (χ2v) is 4.53. The Morgan fingerprint density at radius 1 is 1.15 bits per heavy atom. The molecule has 0 bridgehead atoms. The molecule has 0 amide bonds. The first-order chi connectivity index (χ1) is 6.29. The van der Waals surface area contributed by atoms with Crippen molar-refractivity contribution in [1.29, 1.82) is 0 Å². The summed E-state index contributed by atoms with van der Waals surface area (Å²) in [5.74, 6) is 0.944. The first-order valence-corrected chi connectivity index (χ1v) is 5.85. The summed E-state index contributed by atoms with van der Waals surface area (Å²) in [5, 5.41) is -0.177. The molecule has 1 nitrogen and oxygen atoms in total. The van der Waals surface area contributed by atoms with E-state index in [0.29, 0.717) is 6.42 Å². The van der Waals surface area contributed by atoms with Crippen molar-refractivity contribution in [3.8, 4) is 0 Å². The maximum absolute atomic E-state index is 10.5. The highest BCUT2D eigenvalue weighted by Crippen LogP contribution is 2.27. The second-order valence-electron chi connectivity index (χ2n) is 4.10. The first-order valence-electron chi connectivity index (χ1n) is 5.47. The van der Waals surface area contributed by atoms with E-state index in [2.05, 4.69) is 0 Å². The number of hydrogen-bond acceptors (Lipinski definition) is 1. The van der Waals surface area contributed by atoms with Gasteiger partial charge in [0.15, 0.2) is 0 Å². The number of rotatable bonds is 5. The zero-order valence-electron chi connectivity index (χ0n) is 8.23. The third kappa shape index (κ3) is 5.30. The molecule has 1 fully saturated rings. The molecule has 1 saturated carbocycles. The summed E-state index contributed by atoms with van der Waals surface area (Å²) in [6.45, 7) is 0. The highest BCUT2D eigenvalue weighted by Gasteiger charge is 2.12. The maximum Gasteiger partial charge on any atom is 0.221 e. The molecule has 0 unspecified atom stereocenters. The van der Waals surface area contributed by atoms with E-state index in [1.807, 2.05) is 0 Å². The standard InChI is InChI=1S/C11H19ClO/c12-11(13)9-5-4-8-10-6-2-1-3-7-10/h10H,1-9H2. The minimum atomic E-state index is -0.177. The van der Waals surface area contributed by atoms with Gasteiger partial charge in [0.05, 0.1) is 0 Å². The number of halogens is 1. The molecular weight excluding hydrogens is 184 g/mol. The summed E-state index contributed by atoms with van der Waals surface area (Å²) < 4.78 is 0. The fraction of sp³-hybridized carbons (Fsp3) is 0.909. The number of unbranched alkanes of at least 4 members (excludes halogenated alkanes) is 1. The summed E-state index contributed by atoms with van der Waals surface area (Å²) in [5.41, 5.74) is 0. The molecule has 0 spiro atoms. The Kier molecular flexibility index (Phi) is 5.45. The number of hydrogen-bond donors (Lipinski definition) is 0. The zero-order valence-corrected chi connectivity index (χ0v) is 8.98. The predicted octanol–water partition coefficient (Wildman–Crippen LogP) is 3.89. The highest BCUT2D eigenvalue weighted by atomic mass is 35.5. The van der Waals surface area contributed by atoms with Crippen molar-refractivity contribution in [1.82, 2.24) is 0 Å². The smallest absolute Gasteiger partial charge is 0.221 e. The van der Waals surface area contributed by atoms with Gasteiger partial charge in [-0.2, -0.15) is 0 Å². The van der Waals surface area contributed by atoms with Crippen LogP contribution in [0.3, 0.4) is 0 Å². The van der Waals surface area contributed by atoms with Crippen LogP contribution < -0.4 is 0 Å². The Bertz CT molecular complexity index is 150. The molecular formula is C11H19ClO. The van der Waals surface area contributed by atoms with Crippen molar-refractivity contribution < 1.29 is 4.79 Å². The van der Waals surface area contributed by atoms with Gasteiger partial charge in [-0.25, -0.2) is 0 Å². The van der Waals surface area contributed by atoms with Gasteiger partial charge in [-0.05, 0) is 23.9 Å². The van der Waals surface area contributed by atoms with Gasteiger partial charge < -0.3 is 0 Å². The summed E-state index contributed by atoms with van der Waals surface area (Å²) in [7, 11) is 0. The Labute approximate surface area is 85.8 Å². The minimum Gasteiger partial charge on any atom is -0.281 e. The Hall–Kier alpha value is -0.0400. The molecule has 0 heterocycles. The lowest BCUT2D eigenvalue weighted by Crippen LogP contribution is -2.05. The van der Waals surface area contributed by atoms with Crippen LogP contribution in [0.4, 0.5) is 0 Å². The van der Waals surface area contributed by atoms with Crippen LogP contribution in [-0.4, -0.2) is 5.24 Å². The van der Waals surface area contributed by atoms with E-state index < -0.39 is 0 Å². The van der Waals surface area contributed by atoms with Gasteiger partial charge in [-0.1, -0.05) is 44.9 Å². The predicted molar refractivity (Wildman–Crippen MR) is 55.9 cm³/mol. The van der Waals surface area contributed by atoms with E-state index >= 15 is 0 Å². The lowest BCUT2D eigenvalue weighted by atomic mass is 9.86. The van der Waals surface area contributed by atoms with E-state index in [1.54, 1.807) is 0 Å². The number of carbonyl (C=O) groups excluding carboxylic acids is 1. The topological polar surface area (TPSA) is 17.1 Å². The van der Waals surface area contributed by atoms with Gasteiger partial charge in [-0.15, -0.1) is 0 Å². The van der Waals surface area contributed by atoms with Gasteiger partial charge >= 0.3 is 0 Å². The molecule has 0 atom stereocenters. The lowest BCUT2D eigenvalue weighted by Gasteiger charge is -2.20. The van der Waals surface area contributed by atoms with Gasteiger partial charge in [-0.3, -0.25) is 4.79 Å². The van der Waals surface area contributed by atoms with Gasteiger partial charge in [0.1, 0.15) is 0 Å². The molecule has 76 valence electrons. The van der Waals surface area contributed by atoms with E-state index in [4.69, 9.17) is 11.6 Å². The molecule has 0 radical (unpaired) electrons. The van der Waals surface area contributed by atoms with Crippen molar-refractivity contribution in [2.45, 2.75) is 57.8 Å². The molecule has 1 aliphatic rings. The fourth-order valence-electron chi connectivity index (χ4n) is 2.17. The molecule has 0 saturated heterocycles. The zero-order chi connectivity index (χ0) is 9.52. The van der Waals surface area contributed by atoms with Crippen LogP contribution >= 0.6 is 11.6 Å². The van der Waals surface area contributed by atoms with Crippen LogP contribution in [0.15, 0.2) is 0 Å². The molecule has 13 heavy (non-hydrogen) atoms. The van der Waals surface area contributed by atoms with Crippen molar-refractivity contribution >= 4 is 16.8 Å². The highest BCUT2D eigenvalue weighted by molar-refractivity contribution is 6.63. The van der Waals surface area contributed by atoms with Crippen molar-refractivity contribution in [2.24, 2.45) is 5.92 Å². The van der Waals surface area contributed by atoms with Crippen LogP contribution in [0.25, 0.3) is 0 Å². The largest absolute Gasteiger partial charge is 0.281 e. The van der Waals surface area contributed by atoms with Gasteiger partial charge in [0.25, 0.3) is 0 Å². The van der Waals surface area contributed by atoms with Crippen LogP contribution in [0.1, 0.15) is 57.8 Å². The van der Waals surface area contributed by atoms with E-state index in [1.165, 1.54) is 44.9 Å². The average Bonchev–Trinajstić information content (AvgIpc) is 2.14. The lowest BCUT2D eigenvalue weighted by molar-refractivity contribution is -0.111. The van der Waals surface area contributed by atoms with E-state index in [9.17, 15) is 4.79 Å². The molecule has 1 rings (SSSR count). The van der Waals surface area contributed by atoms with Crippen LogP contribution in [-0.2, 0) is 4.79 Å². The second kappa shape index (κ2) is 6.42. The molecule has 0 aromatic rings. The maximum atomic E-state index is 10.5. The van der Waals surface area contributed by atoms with Gasteiger partial charge in [0, 0.05) is 6.42 Å². The third-order valence-electron chi connectivity index (χ3n) is 2.96. The normalized spacial score (nSPS) is 18.8. The van der Waals surface area contributed by atoms with Crippen LogP contribution in [0.2, 0.25) is 0 Å². The van der Waals surface area contributed by atoms with Crippen molar-refractivity contribution in [3.05, 3.63) is 0 Å². The molecule has 0 aliphatic heterocycles.